The van der Waals surface area contributed by atoms with E-state index in [2.05, 4.69) is 9.88 Å². The van der Waals surface area contributed by atoms with E-state index < -0.39 is 0 Å². The van der Waals surface area contributed by atoms with Crippen molar-refractivity contribution in [1.82, 2.24) is 14.5 Å². The molecule has 1 saturated carbocycles. The molecule has 2 fully saturated rings. The molecule has 5 nitrogen and oxygen atoms in total. The van der Waals surface area contributed by atoms with Crippen LogP contribution >= 0.6 is 0 Å². The molecule has 1 aromatic rings. The van der Waals surface area contributed by atoms with Crippen molar-refractivity contribution in [2.24, 2.45) is 0 Å². The highest BCUT2D eigenvalue weighted by atomic mass is 16.2. The molecule has 0 amide bonds. The van der Waals surface area contributed by atoms with Gasteiger partial charge in [0.05, 0.1) is 6.04 Å². The fraction of sp³-hybridized carbons (Fsp3) is 0.765. The van der Waals surface area contributed by atoms with Gasteiger partial charge in [-0.3, -0.25) is 14.3 Å². The van der Waals surface area contributed by atoms with Crippen LogP contribution in [0, 0.1) is 0 Å². The Morgan fingerprint density at radius 3 is 2.36 bits per heavy atom. The fourth-order valence-corrected chi connectivity index (χ4v) is 4.64. The van der Waals surface area contributed by atoms with Gasteiger partial charge in [0.2, 0.25) is 0 Å². The van der Waals surface area contributed by atoms with E-state index in [9.17, 15) is 9.59 Å². The van der Waals surface area contributed by atoms with E-state index in [4.69, 9.17) is 0 Å². The van der Waals surface area contributed by atoms with Crippen molar-refractivity contribution in [1.29, 1.82) is 0 Å². The van der Waals surface area contributed by atoms with Crippen molar-refractivity contribution >= 4 is 0 Å². The second-order valence-corrected chi connectivity index (χ2v) is 7.09. The Labute approximate surface area is 130 Å². The number of rotatable bonds is 2. The van der Waals surface area contributed by atoms with Crippen LogP contribution in [-0.4, -0.2) is 27.5 Å². The van der Waals surface area contributed by atoms with Crippen LogP contribution in [0.4, 0.5) is 0 Å². The molecule has 0 bridgehead atoms. The van der Waals surface area contributed by atoms with Gasteiger partial charge in [0.25, 0.3) is 5.56 Å². The Bertz CT molecular complexity index is 663. The van der Waals surface area contributed by atoms with Crippen LogP contribution in [0.5, 0.6) is 0 Å². The minimum absolute atomic E-state index is 0.00709. The molecule has 4 rings (SSSR count). The molecule has 3 aliphatic rings. The topological polar surface area (TPSA) is 58.1 Å². The number of hydrogen-bond donors (Lipinski definition) is 1. The third-order valence-electron chi connectivity index (χ3n) is 5.78. The van der Waals surface area contributed by atoms with Crippen LogP contribution in [0.15, 0.2) is 9.59 Å². The summed E-state index contributed by atoms with van der Waals surface area (Å²) in [6.45, 7) is 2.19. The normalized spacial score (nSPS) is 26.5. The van der Waals surface area contributed by atoms with Gasteiger partial charge >= 0.3 is 5.69 Å². The van der Waals surface area contributed by atoms with Gasteiger partial charge in [0, 0.05) is 17.3 Å². The second kappa shape index (κ2) is 5.69. The SMILES string of the molecule is O=c1[nH]c2c(c(=O)n1C1CCCCC1)CC[C@H]2N1CCCC1. The van der Waals surface area contributed by atoms with Crippen molar-refractivity contribution < 1.29 is 0 Å². The number of fused-ring (bicyclic) bond motifs is 1. The average Bonchev–Trinajstić information content (AvgIpc) is 3.17. The van der Waals surface area contributed by atoms with Gasteiger partial charge in [-0.15, -0.1) is 0 Å². The predicted octanol–water partition coefficient (Wildman–Crippen LogP) is 2.12. The van der Waals surface area contributed by atoms with E-state index in [-0.39, 0.29) is 23.3 Å². The quantitative estimate of drug-likeness (QED) is 0.910. The highest BCUT2D eigenvalue weighted by Gasteiger charge is 2.34. The van der Waals surface area contributed by atoms with Crippen molar-refractivity contribution in [2.75, 3.05) is 13.1 Å². The van der Waals surface area contributed by atoms with Crippen LogP contribution < -0.4 is 11.2 Å². The summed E-state index contributed by atoms with van der Waals surface area (Å²) >= 11 is 0. The summed E-state index contributed by atoms with van der Waals surface area (Å²) in [7, 11) is 0. The van der Waals surface area contributed by atoms with E-state index in [1.165, 1.54) is 23.8 Å². The minimum atomic E-state index is -0.179. The maximum absolute atomic E-state index is 12.9. The van der Waals surface area contributed by atoms with Gasteiger partial charge in [0.1, 0.15) is 0 Å². The Morgan fingerprint density at radius 2 is 1.64 bits per heavy atom. The molecule has 1 N–H and O–H groups in total. The predicted molar refractivity (Wildman–Crippen MR) is 85.3 cm³/mol. The molecule has 0 aromatic carbocycles. The van der Waals surface area contributed by atoms with Gasteiger partial charge in [0.15, 0.2) is 0 Å². The number of likely N-dealkylation sites (tertiary alicyclic amines) is 1. The molecule has 0 radical (unpaired) electrons. The summed E-state index contributed by atoms with van der Waals surface area (Å²) in [5.74, 6) is 0. The third-order valence-corrected chi connectivity index (χ3v) is 5.78. The number of aromatic amines is 1. The lowest BCUT2D eigenvalue weighted by Gasteiger charge is -2.25. The molecule has 2 aliphatic carbocycles. The standard InChI is InChI=1S/C17H25N3O2/c21-16-13-8-9-14(19-10-4-5-11-19)15(13)18-17(22)20(16)12-6-2-1-3-7-12/h12,14H,1-11H2,(H,18,22)/t14-/m1/s1. The lowest BCUT2D eigenvalue weighted by molar-refractivity contribution is 0.240. The number of nitrogens with one attached hydrogen (secondary N) is 1. The van der Waals surface area contributed by atoms with E-state index in [0.717, 1.165) is 62.9 Å². The first-order valence-corrected chi connectivity index (χ1v) is 8.87. The van der Waals surface area contributed by atoms with E-state index in [0.29, 0.717) is 0 Å². The molecule has 1 aliphatic heterocycles. The Kier molecular flexibility index (Phi) is 3.68. The summed E-state index contributed by atoms with van der Waals surface area (Å²) < 4.78 is 1.53. The van der Waals surface area contributed by atoms with Gasteiger partial charge in [-0.05, 0) is 51.6 Å². The second-order valence-electron chi connectivity index (χ2n) is 7.09. The van der Waals surface area contributed by atoms with E-state index >= 15 is 0 Å². The lowest BCUT2D eigenvalue weighted by Crippen LogP contribution is -2.41. The fourth-order valence-electron chi connectivity index (χ4n) is 4.64. The molecule has 1 atom stereocenters. The molecule has 2 heterocycles. The molecule has 0 spiro atoms. The van der Waals surface area contributed by atoms with Crippen LogP contribution in [0.1, 0.15) is 74.7 Å². The monoisotopic (exact) mass is 303 g/mol. The molecule has 120 valence electrons. The summed E-state index contributed by atoms with van der Waals surface area (Å²) in [5, 5.41) is 0. The van der Waals surface area contributed by atoms with E-state index in [1.54, 1.807) is 0 Å². The van der Waals surface area contributed by atoms with Crippen LogP contribution in [0.2, 0.25) is 0 Å². The maximum atomic E-state index is 12.9. The first-order chi connectivity index (χ1) is 10.8. The number of H-pyrrole nitrogens is 1. The number of aromatic nitrogens is 2. The van der Waals surface area contributed by atoms with E-state index in [1.807, 2.05) is 0 Å². The van der Waals surface area contributed by atoms with Crippen molar-refractivity contribution in [3.05, 3.63) is 32.1 Å². The number of nitrogens with zero attached hydrogens (tertiary/aromatic N) is 2. The van der Waals surface area contributed by atoms with Gasteiger partial charge in [-0.2, -0.15) is 0 Å². The van der Waals surface area contributed by atoms with Crippen molar-refractivity contribution in [2.45, 2.75) is 69.9 Å². The molecule has 1 aromatic heterocycles. The smallest absolute Gasteiger partial charge is 0.309 e. The summed E-state index contributed by atoms with van der Waals surface area (Å²) in [5.41, 5.74) is 1.61. The molecule has 5 heteroatoms. The molecular formula is C17H25N3O2. The zero-order valence-corrected chi connectivity index (χ0v) is 13.1. The Balaban J connectivity index is 1.73. The van der Waals surface area contributed by atoms with Crippen molar-refractivity contribution in [3.8, 4) is 0 Å². The molecule has 1 saturated heterocycles. The summed E-state index contributed by atoms with van der Waals surface area (Å²) in [4.78, 5) is 30.9. The Hall–Kier alpha value is -1.36. The first-order valence-electron chi connectivity index (χ1n) is 8.87. The molecule has 22 heavy (non-hydrogen) atoms. The van der Waals surface area contributed by atoms with Crippen LogP contribution in [0.3, 0.4) is 0 Å². The zero-order valence-electron chi connectivity index (χ0n) is 13.1. The van der Waals surface area contributed by atoms with Crippen molar-refractivity contribution in [3.63, 3.8) is 0 Å². The first kappa shape index (κ1) is 14.2. The summed E-state index contributed by atoms with van der Waals surface area (Å²) in [6, 6.07) is 0.375. The van der Waals surface area contributed by atoms with Gasteiger partial charge < -0.3 is 4.98 Å². The van der Waals surface area contributed by atoms with Crippen LogP contribution in [0.25, 0.3) is 0 Å². The molecular weight excluding hydrogens is 278 g/mol. The highest BCUT2D eigenvalue weighted by Crippen LogP contribution is 2.34. The van der Waals surface area contributed by atoms with Crippen LogP contribution in [-0.2, 0) is 6.42 Å². The molecule has 0 unspecified atom stereocenters. The Morgan fingerprint density at radius 1 is 0.909 bits per heavy atom. The third kappa shape index (κ3) is 2.26. The van der Waals surface area contributed by atoms with Gasteiger partial charge in [-0.25, -0.2) is 4.79 Å². The number of hydrogen-bond acceptors (Lipinski definition) is 3. The average molecular weight is 303 g/mol. The lowest BCUT2D eigenvalue weighted by atomic mass is 9.95. The largest absolute Gasteiger partial charge is 0.328 e. The zero-order chi connectivity index (χ0) is 15.1. The maximum Gasteiger partial charge on any atom is 0.328 e. The minimum Gasteiger partial charge on any atom is -0.309 e. The highest BCUT2D eigenvalue weighted by molar-refractivity contribution is 5.26. The summed E-state index contributed by atoms with van der Waals surface area (Å²) in [6.07, 6.45) is 9.69. The van der Waals surface area contributed by atoms with Gasteiger partial charge in [-0.1, -0.05) is 19.3 Å².